The summed E-state index contributed by atoms with van der Waals surface area (Å²) in [4.78, 5) is 12.5. The fourth-order valence-electron chi connectivity index (χ4n) is 2.71. The van der Waals surface area contributed by atoms with Gasteiger partial charge in [0.05, 0.1) is 25.0 Å². The van der Waals surface area contributed by atoms with E-state index in [1.807, 2.05) is 0 Å². The van der Waals surface area contributed by atoms with Crippen LogP contribution in [-0.2, 0) is 17.9 Å². The molecule has 0 atom stereocenters. The monoisotopic (exact) mass is 473 g/mol. The summed E-state index contributed by atoms with van der Waals surface area (Å²) in [5.74, 6) is -5.19. The van der Waals surface area contributed by atoms with Gasteiger partial charge in [0, 0.05) is 16.8 Å². The molecule has 0 unspecified atom stereocenters. The predicted molar refractivity (Wildman–Crippen MR) is 108 cm³/mol. The molecule has 0 radical (unpaired) electrons. The first kappa shape index (κ1) is 23.7. The van der Waals surface area contributed by atoms with E-state index in [9.17, 15) is 26.7 Å². The number of alkyl halides is 4. The third-order valence-electron chi connectivity index (χ3n) is 4.31. The SMILES string of the molecule is O=C(Nc1cnn(Cc2ccc(F)cc2Cl)c1)c1cccc(COCC(F)(F)C(F)F)c1. The van der Waals surface area contributed by atoms with Crippen molar-refractivity contribution in [3.63, 3.8) is 0 Å². The number of benzene rings is 2. The smallest absolute Gasteiger partial charge is 0.330 e. The third-order valence-corrected chi connectivity index (χ3v) is 4.66. The quantitative estimate of drug-likeness (QED) is 0.424. The minimum Gasteiger partial charge on any atom is -0.370 e. The first-order chi connectivity index (χ1) is 15.1. The Labute approximate surface area is 184 Å². The van der Waals surface area contributed by atoms with Gasteiger partial charge in [0.2, 0.25) is 0 Å². The number of carbonyl (C=O) groups is 1. The van der Waals surface area contributed by atoms with E-state index in [0.717, 1.165) is 0 Å². The van der Waals surface area contributed by atoms with Crippen LogP contribution in [0.15, 0.2) is 54.9 Å². The van der Waals surface area contributed by atoms with Gasteiger partial charge in [0.15, 0.2) is 0 Å². The molecule has 3 aromatic rings. The summed E-state index contributed by atoms with van der Waals surface area (Å²) in [7, 11) is 0. The van der Waals surface area contributed by atoms with Crippen molar-refractivity contribution in [3.05, 3.63) is 82.4 Å². The second-order valence-corrected chi connectivity index (χ2v) is 7.28. The highest BCUT2D eigenvalue weighted by atomic mass is 35.5. The van der Waals surface area contributed by atoms with Crippen LogP contribution >= 0.6 is 11.6 Å². The molecular weight excluding hydrogens is 457 g/mol. The standard InChI is InChI=1S/C21H17ClF5N3O2/c22-18-7-16(23)5-4-15(18)9-30-10-17(8-28-30)29-19(31)14-3-1-2-13(6-14)11-32-12-21(26,27)20(24)25/h1-8,10,20H,9,11-12H2,(H,29,31). The highest BCUT2D eigenvalue weighted by Gasteiger charge is 2.40. The number of anilines is 1. The van der Waals surface area contributed by atoms with Gasteiger partial charge in [-0.3, -0.25) is 9.48 Å². The minimum absolute atomic E-state index is 0.209. The maximum atomic E-state index is 13.2. The average Bonchev–Trinajstić information content (AvgIpc) is 3.17. The molecule has 1 N–H and O–H groups in total. The molecule has 1 aromatic heterocycles. The fourth-order valence-corrected chi connectivity index (χ4v) is 2.94. The number of hydrogen-bond acceptors (Lipinski definition) is 3. The van der Waals surface area contributed by atoms with E-state index in [2.05, 4.69) is 15.2 Å². The number of halogens is 6. The van der Waals surface area contributed by atoms with Crippen LogP contribution in [0.2, 0.25) is 5.02 Å². The molecule has 1 heterocycles. The number of aromatic nitrogens is 2. The lowest BCUT2D eigenvalue weighted by atomic mass is 10.1. The van der Waals surface area contributed by atoms with Crippen LogP contribution in [0.25, 0.3) is 0 Å². The molecule has 0 aliphatic rings. The molecule has 0 saturated heterocycles. The van der Waals surface area contributed by atoms with Crippen LogP contribution in [0, 0.1) is 5.82 Å². The van der Waals surface area contributed by atoms with Crippen LogP contribution in [-0.4, -0.2) is 34.6 Å². The Morgan fingerprint density at radius 3 is 2.72 bits per heavy atom. The van der Waals surface area contributed by atoms with Crippen LogP contribution in [0.5, 0.6) is 0 Å². The van der Waals surface area contributed by atoms with Crippen molar-refractivity contribution in [2.45, 2.75) is 25.5 Å². The molecule has 0 spiro atoms. The summed E-state index contributed by atoms with van der Waals surface area (Å²) < 4.78 is 69.5. The van der Waals surface area contributed by atoms with Crippen molar-refractivity contribution >= 4 is 23.2 Å². The lowest BCUT2D eigenvalue weighted by Gasteiger charge is -2.15. The first-order valence-electron chi connectivity index (χ1n) is 9.24. The normalized spacial score (nSPS) is 11.7. The lowest BCUT2D eigenvalue weighted by Crippen LogP contribution is -2.32. The van der Waals surface area contributed by atoms with Crippen LogP contribution in [0.4, 0.5) is 27.6 Å². The molecule has 32 heavy (non-hydrogen) atoms. The number of amides is 1. The number of nitrogens with one attached hydrogen (secondary N) is 1. The Hall–Kier alpha value is -2.98. The van der Waals surface area contributed by atoms with Gasteiger partial charge in [0.1, 0.15) is 12.4 Å². The Kier molecular flexibility index (Phi) is 7.47. The van der Waals surface area contributed by atoms with Crippen molar-refractivity contribution in [1.82, 2.24) is 9.78 Å². The van der Waals surface area contributed by atoms with Crippen LogP contribution in [0.3, 0.4) is 0 Å². The maximum absolute atomic E-state index is 13.2. The summed E-state index contributed by atoms with van der Waals surface area (Å²) in [6, 6.07) is 9.92. The van der Waals surface area contributed by atoms with E-state index in [1.54, 1.807) is 6.20 Å². The van der Waals surface area contributed by atoms with Gasteiger partial charge in [-0.1, -0.05) is 29.8 Å². The van der Waals surface area contributed by atoms with Gasteiger partial charge < -0.3 is 10.1 Å². The van der Waals surface area contributed by atoms with Crippen molar-refractivity contribution in [1.29, 1.82) is 0 Å². The summed E-state index contributed by atoms with van der Waals surface area (Å²) in [6.45, 7) is -1.54. The van der Waals surface area contributed by atoms with Gasteiger partial charge in [-0.15, -0.1) is 0 Å². The molecule has 1 amide bonds. The largest absolute Gasteiger partial charge is 0.370 e. The average molecular weight is 474 g/mol. The molecule has 0 bridgehead atoms. The third kappa shape index (κ3) is 6.27. The summed E-state index contributed by atoms with van der Waals surface area (Å²) >= 11 is 6.00. The number of hydrogen-bond donors (Lipinski definition) is 1. The molecular formula is C21H17ClF5N3O2. The Balaban J connectivity index is 1.58. The molecule has 11 heteroatoms. The Morgan fingerprint density at radius 2 is 2.00 bits per heavy atom. The van der Waals surface area contributed by atoms with Gasteiger partial charge in [-0.25, -0.2) is 13.2 Å². The molecule has 0 saturated carbocycles. The summed E-state index contributed by atoms with van der Waals surface area (Å²) in [5, 5.41) is 7.00. The van der Waals surface area contributed by atoms with Crippen molar-refractivity contribution in [2.75, 3.05) is 11.9 Å². The molecule has 170 valence electrons. The zero-order valence-electron chi connectivity index (χ0n) is 16.4. The highest BCUT2D eigenvalue weighted by molar-refractivity contribution is 6.31. The molecule has 5 nitrogen and oxygen atoms in total. The Bertz CT molecular complexity index is 1090. The van der Waals surface area contributed by atoms with E-state index in [4.69, 9.17) is 11.6 Å². The van der Waals surface area contributed by atoms with E-state index >= 15 is 0 Å². The maximum Gasteiger partial charge on any atom is 0.330 e. The zero-order valence-corrected chi connectivity index (χ0v) is 17.1. The van der Waals surface area contributed by atoms with E-state index in [0.29, 0.717) is 16.8 Å². The van der Waals surface area contributed by atoms with Gasteiger partial charge in [-0.05, 0) is 35.4 Å². The molecule has 0 fully saturated rings. The minimum atomic E-state index is -4.24. The number of nitrogens with zero attached hydrogens (tertiary/aromatic N) is 2. The van der Waals surface area contributed by atoms with Crippen LogP contribution < -0.4 is 5.32 Å². The number of rotatable bonds is 9. The van der Waals surface area contributed by atoms with Gasteiger partial charge in [0.25, 0.3) is 5.91 Å². The van der Waals surface area contributed by atoms with E-state index in [1.165, 1.54) is 53.3 Å². The molecule has 0 aliphatic heterocycles. The summed E-state index contributed by atoms with van der Waals surface area (Å²) in [5.41, 5.74) is 1.59. The first-order valence-corrected chi connectivity index (χ1v) is 9.62. The van der Waals surface area contributed by atoms with Crippen molar-refractivity contribution < 1.29 is 31.5 Å². The molecule has 3 rings (SSSR count). The van der Waals surface area contributed by atoms with E-state index in [-0.39, 0.29) is 23.7 Å². The predicted octanol–water partition coefficient (Wildman–Crippen LogP) is 5.39. The molecule has 2 aromatic carbocycles. The second-order valence-electron chi connectivity index (χ2n) is 6.87. The highest BCUT2D eigenvalue weighted by Crippen LogP contribution is 2.23. The van der Waals surface area contributed by atoms with E-state index < -0.39 is 30.7 Å². The van der Waals surface area contributed by atoms with Crippen molar-refractivity contribution in [2.24, 2.45) is 0 Å². The Morgan fingerprint density at radius 1 is 1.22 bits per heavy atom. The van der Waals surface area contributed by atoms with Crippen molar-refractivity contribution in [3.8, 4) is 0 Å². The number of carbonyl (C=O) groups excluding carboxylic acids is 1. The second kappa shape index (κ2) is 10.1. The van der Waals surface area contributed by atoms with Gasteiger partial charge >= 0.3 is 12.3 Å². The molecule has 0 aliphatic carbocycles. The summed E-state index contributed by atoms with van der Waals surface area (Å²) in [6.07, 6.45) is -0.856. The van der Waals surface area contributed by atoms with Crippen LogP contribution in [0.1, 0.15) is 21.5 Å². The zero-order chi connectivity index (χ0) is 23.3. The number of ether oxygens (including phenoxy) is 1. The lowest BCUT2D eigenvalue weighted by molar-refractivity contribution is -0.168. The topological polar surface area (TPSA) is 56.2 Å². The van der Waals surface area contributed by atoms with Gasteiger partial charge in [-0.2, -0.15) is 13.9 Å². The fraction of sp³-hybridized carbons (Fsp3) is 0.238.